The molecule has 4 nitrogen and oxygen atoms in total. The molecule has 98 valence electrons. The zero-order valence-electron chi connectivity index (χ0n) is 9.54. The quantitative estimate of drug-likeness (QED) is 0.904. The van der Waals surface area contributed by atoms with Gasteiger partial charge in [0.25, 0.3) is 5.91 Å². The van der Waals surface area contributed by atoms with Crippen LogP contribution in [0.2, 0.25) is 0 Å². The van der Waals surface area contributed by atoms with Crippen LogP contribution in [0.5, 0.6) is 5.75 Å². The molecule has 2 rings (SSSR count). The van der Waals surface area contributed by atoms with Crippen LogP contribution in [0.4, 0.5) is 13.2 Å². The topological polar surface area (TPSA) is 51.2 Å². The monoisotopic (exact) mass is 260 g/mol. The fraction of sp³-hybridized carbons (Fsp3) is 0.455. The smallest absolute Gasteiger partial charge is 0.433 e. The normalized spacial score (nSPS) is 15.3. The molecule has 1 aliphatic carbocycles. The Balaban J connectivity index is 2.37. The number of rotatable bonds is 3. The highest BCUT2D eigenvalue weighted by molar-refractivity contribution is 5.96. The summed E-state index contributed by atoms with van der Waals surface area (Å²) in [6.45, 7) is 0. The van der Waals surface area contributed by atoms with Gasteiger partial charge in [0.2, 0.25) is 0 Å². The van der Waals surface area contributed by atoms with Crippen molar-refractivity contribution in [3.8, 4) is 5.75 Å². The number of nitrogens with zero attached hydrogens (tertiary/aromatic N) is 1. The molecule has 1 heterocycles. The summed E-state index contributed by atoms with van der Waals surface area (Å²) in [6, 6.07) is 0.705. The van der Waals surface area contributed by atoms with Gasteiger partial charge >= 0.3 is 6.18 Å². The predicted molar refractivity (Wildman–Crippen MR) is 56.3 cm³/mol. The third-order valence-corrected chi connectivity index (χ3v) is 2.45. The molecule has 1 N–H and O–H groups in total. The number of carbonyl (C=O) groups excluding carboxylic acids is 1. The molecule has 0 aliphatic heterocycles. The fourth-order valence-electron chi connectivity index (χ4n) is 1.37. The Kier molecular flexibility index (Phi) is 3.14. The van der Waals surface area contributed by atoms with Crippen LogP contribution in [-0.4, -0.2) is 24.0 Å². The van der Waals surface area contributed by atoms with Crippen molar-refractivity contribution in [2.75, 3.05) is 7.05 Å². The van der Waals surface area contributed by atoms with Crippen LogP contribution in [0, 0.1) is 0 Å². The van der Waals surface area contributed by atoms with Crippen LogP contribution in [0.25, 0.3) is 0 Å². The molecule has 0 bridgehead atoms. The van der Waals surface area contributed by atoms with E-state index in [1.54, 1.807) is 0 Å². The Morgan fingerprint density at radius 3 is 2.67 bits per heavy atom. The number of amides is 1. The third-order valence-electron chi connectivity index (χ3n) is 2.45. The van der Waals surface area contributed by atoms with E-state index in [-0.39, 0.29) is 17.4 Å². The number of aromatic nitrogens is 1. The number of pyridine rings is 1. The van der Waals surface area contributed by atoms with Crippen molar-refractivity contribution in [3.63, 3.8) is 0 Å². The molecular formula is C11H11F3N2O2. The van der Waals surface area contributed by atoms with Gasteiger partial charge in [0.1, 0.15) is 5.69 Å². The molecular weight excluding hydrogens is 249 g/mol. The minimum absolute atomic E-state index is 0.0213. The van der Waals surface area contributed by atoms with Gasteiger partial charge in [-0.15, -0.1) is 0 Å². The number of alkyl halides is 3. The maximum Gasteiger partial charge on any atom is 0.433 e. The molecule has 0 aromatic carbocycles. The molecule has 7 heteroatoms. The SMILES string of the molecule is CNC(=O)c1cc(C(F)(F)F)ncc1OC1CC1. The molecule has 0 saturated heterocycles. The Bertz CT molecular complexity index is 470. The van der Waals surface area contributed by atoms with Crippen molar-refractivity contribution >= 4 is 5.91 Å². The maximum absolute atomic E-state index is 12.5. The van der Waals surface area contributed by atoms with Crippen LogP contribution in [-0.2, 0) is 6.18 Å². The highest BCUT2D eigenvalue weighted by Gasteiger charge is 2.34. The Hall–Kier alpha value is -1.79. The molecule has 1 saturated carbocycles. The van der Waals surface area contributed by atoms with E-state index in [9.17, 15) is 18.0 Å². The second kappa shape index (κ2) is 4.47. The molecule has 1 fully saturated rings. The number of hydrogen-bond donors (Lipinski definition) is 1. The van der Waals surface area contributed by atoms with Gasteiger partial charge in [-0.2, -0.15) is 13.2 Å². The second-order valence-corrected chi connectivity index (χ2v) is 3.96. The minimum Gasteiger partial charge on any atom is -0.488 e. The van der Waals surface area contributed by atoms with E-state index in [1.807, 2.05) is 0 Å². The van der Waals surface area contributed by atoms with Crippen LogP contribution in [0.1, 0.15) is 28.9 Å². The van der Waals surface area contributed by atoms with Crippen LogP contribution in [0.15, 0.2) is 12.3 Å². The van der Waals surface area contributed by atoms with Gasteiger partial charge in [0.15, 0.2) is 5.75 Å². The van der Waals surface area contributed by atoms with Gasteiger partial charge in [0, 0.05) is 7.05 Å². The predicted octanol–water partition coefficient (Wildman–Crippen LogP) is 2.00. The number of carbonyl (C=O) groups is 1. The van der Waals surface area contributed by atoms with Crippen molar-refractivity contribution in [3.05, 3.63) is 23.5 Å². The van der Waals surface area contributed by atoms with Crippen molar-refractivity contribution < 1.29 is 22.7 Å². The van der Waals surface area contributed by atoms with Gasteiger partial charge in [-0.25, -0.2) is 4.98 Å². The van der Waals surface area contributed by atoms with Gasteiger partial charge in [-0.3, -0.25) is 4.79 Å². The van der Waals surface area contributed by atoms with E-state index in [4.69, 9.17) is 4.74 Å². The highest BCUT2D eigenvalue weighted by atomic mass is 19.4. The second-order valence-electron chi connectivity index (χ2n) is 3.96. The molecule has 1 aromatic heterocycles. The molecule has 1 amide bonds. The van der Waals surface area contributed by atoms with Crippen molar-refractivity contribution in [2.45, 2.75) is 25.1 Å². The van der Waals surface area contributed by atoms with Gasteiger partial charge in [-0.05, 0) is 18.9 Å². The fourth-order valence-corrected chi connectivity index (χ4v) is 1.37. The van der Waals surface area contributed by atoms with Crippen molar-refractivity contribution in [1.82, 2.24) is 10.3 Å². The maximum atomic E-state index is 12.5. The number of ether oxygens (including phenoxy) is 1. The first kappa shape index (κ1) is 12.7. The lowest BCUT2D eigenvalue weighted by atomic mass is 10.2. The van der Waals surface area contributed by atoms with Crippen LogP contribution in [0.3, 0.4) is 0 Å². The Morgan fingerprint density at radius 1 is 1.50 bits per heavy atom. The first-order valence-electron chi connectivity index (χ1n) is 5.38. The summed E-state index contributed by atoms with van der Waals surface area (Å²) in [5.41, 5.74) is -1.25. The average Bonchev–Trinajstić information content (AvgIpc) is 3.11. The summed E-state index contributed by atoms with van der Waals surface area (Å²) in [6.07, 6.45) is -1.97. The molecule has 0 radical (unpaired) electrons. The van der Waals surface area contributed by atoms with E-state index in [1.165, 1.54) is 7.05 Å². The summed E-state index contributed by atoms with van der Waals surface area (Å²) in [5.74, 6) is -0.539. The molecule has 0 unspecified atom stereocenters. The van der Waals surface area contributed by atoms with E-state index in [0.29, 0.717) is 6.07 Å². The standard InChI is InChI=1S/C11H11F3N2O2/c1-15-10(17)7-4-9(11(12,13)14)16-5-8(7)18-6-2-3-6/h4-6H,2-3H2,1H3,(H,15,17). The zero-order chi connectivity index (χ0) is 13.3. The lowest BCUT2D eigenvalue weighted by Gasteiger charge is -2.12. The molecule has 1 aromatic rings. The number of halogens is 3. The van der Waals surface area contributed by atoms with Crippen molar-refractivity contribution in [1.29, 1.82) is 0 Å². The third kappa shape index (κ3) is 2.72. The largest absolute Gasteiger partial charge is 0.488 e. The van der Waals surface area contributed by atoms with E-state index >= 15 is 0 Å². The summed E-state index contributed by atoms with van der Waals surface area (Å²) in [5, 5.41) is 2.28. The number of nitrogens with one attached hydrogen (secondary N) is 1. The highest BCUT2D eigenvalue weighted by Crippen LogP contribution is 2.33. The summed E-state index contributed by atoms with van der Waals surface area (Å²) in [7, 11) is 1.34. The van der Waals surface area contributed by atoms with Crippen LogP contribution >= 0.6 is 0 Å². The van der Waals surface area contributed by atoms with Crippen molar-refractivity contribution in [2.24, 2.45) is 0 Å². The first-order valence-corrected chi connectivity index (χ1v) is 5.38. The van der Waals surface area contributed by atoms with Gasteiger partial charge in [-0.1, -0.05) is 0 Å². The van der Waals surface area contributed by atoms with E-state index in [0.717, 1.165) is 19.0 Å². The zero-order valence-corrected chi connectivity index (χ0v) is 9.54. The van der Waals surface area contributed by atoms with E-state index in [2.05, 4.69) is 10.3 Å². The minimum atomic E-state index is -4.58. The average molecular weight is 260 g/mol. The molecule has 0 spiro atoms. The summed E-state index contributed by atoms with van der Waals surface area (Å²) >= 11 is 0. The van der Waals surface area contributed by atoms with Gasteiger partial charge < -0.3 is 10.1 Å². The van der Waals surface area contributed by atoms with E-state index < -0.39 is 17.8 Å². The first-order chi connectivity index (χ1) is 8.41. The lowest BCUT2D eigenvalue weighted by Crippen LogP contribution is -2.21. The Morgan fingerprint density at radius 2 is 2.17 bits per heavy atom. The lowest BCUT2D eigenvalue weighted by molar-refractivity contribution is -0.141. The summed E-state index contributed by atoms with van der Waals surface area (Å²) in [4.78, 5) is 14.8. The van der Waals surface area contributed by atoms with Crippen LogP contribution < -0.4 is 10.1 Å². The molecule has 1 aliphatic rings. The molecule has 0 atom stereocenters. The summed E-state index contributed by atoms with van der Waals surface area (Å²) < 4.78 is 42.9. The number of hydrogen-bond acceptors (Lipinski definition) is 3. The van der Waals surface area contributed by atoms with Gasteiger partial charge in [0.05, 0.1) is 17.9 Å². The Labute approximate surface area is 101 Å². The molecule has 18 heavy (non-hydrogen) atoms.